The Kier molecular flexibility index (Phi) is 7.76. The summed E-state index contributed by atoms with van der Waals surface area (Å²) in [5, 5.41) is 11.8. The third-order valence-electron chi connectivity index (χ3n) is 6.96. The Labute approximate surface area is 208 Å². The molecule has 0 saturated carbocycles. The van der Waals surface area contributed by atoms with Crippen molar-refractivity contribution in [2.75, 3.05) is 13.2 Å². The van der Waals surface area contributed by atoms with Crippen LogP contribution in [0.2, 0.25) is 5.04 Å². The molecule has 2 heterocycles. The van der Waals surface area contributed by atoms with Crippen LogP contribution in [-0.2, 0) is 18.7 Å². The third-order valence-corrected chi connectivity index (χ3v) is 12.0. The molecule has 8 heteroatoms. The van der Waals surface area contributed by atoms with Crippen LogP contribution in [0.25, 0.3) is 0 Å². The molecule has 2 unspecified atom stereocenters. The number of nitrogens with zero attached hydrogens (tertiary/aromatic N) is 1. The first-order valence-corrected chi connectivity index (χ1v) is 14.2. The Bertz CT molecular complexity index is 964. The first-order chi connectivity index (χ1) is 16.7. The molecule has 3 atom stereocenters. The maximum absolute atomic E-state index is 12.7. The maximum atomic E-state index is 12.7. The summed E-state index contributed by atoms with van der Waals surface area (Å²) in [6.45, 7) is 7.16. The average Bonchev–Trinajstić information content (AvgIpc) is 3.15. The second-order valence-electron chi connectivity index (χ2n) is 10.3. The molecule has 35 heavy (non-hydrogen) atoms. The van der Waals surface area contributed by atoms with Gasteiger partial charge in [0.05, 0.1) is 25.2 Å². The van der Waals surface area contributed by atoms with Crippen LogP contribution < -0.4 is 10.4 Å². The highest BCUT2D eigenvalue weighted by molar-refractivity contribution is 6.99. The van der Waals surface area contributed by atoms with Crippen molar-refractivity contribution in [3.63, 3.8) is 0 Å². The van der Waals surface area contributed by atoms with Gasteiger partial charge >= 0.3 is 6.09 Å². The highest BCUT2D eigenvalue weighted by atomic mass is 28.4. The zero-order chi connectivity index (χ0) is 25.1. The van der Waals surface area contributed by atoms with E-state index in [1.165, 1.54) is 0 Å². The van der Waals surface area contributed by atoms with Crippen molar-refractivity contribution in [2.24, 2.45) is 0 Å². The summed E-state index contributed by atoms with van der Waals surface area (Å²) >= 11 is 0. The number of ether oxygens (including phenoxy) is 2. The lowest BCUT2D eigenvalue weighted by molar-refractivity contribution is -0.192. The molecule has 0 radical (unpaired) electrons. The third kappa shape index (κ3) is 5.21. The van der Waals surface area contributed by atoms with Crippen LogP contribution in [0.4, 0.5) is 4.79 Å². The van der Waals surface area contributed by atoms with E-state index in [4.69, 9.17) is 13.9 Å². The van der Waals surface area contributed by atoms with Crippen molar-refractivity contribution in [3.8, 4) is 0 Å². The molecule has 188 valence electrons. The zero-order valence-electron chi connectivity index (χ0n) is 20.7. The topological polar surface area (TPSA) is 85.3 Å². The van der Waals surface area contributed by atoms with Crippen LogP contribution in [0.1, 0.15) is 46.5 Å². The maximum Gasteiger partial charge on any atom is 0.414 e. The predicted octanol–water partition coefficient (Wildman–Crippen LogP) is 3.75. The number of likely N-dealkylation sites (tertiary alicyclic amines) is 1. The predicted molar refractivity (Wildman–Crippen MR) is 135 cm³/mol. The number of carbonyl (C=O) groups is 2. The van der Waals surface area contributed by atoms with Gasteiger partial charge in [0.15, 0.2) is 6.29 Å². The fraction of sp³-hybridized carbons (Fsp3) is 0.481. The van der Waals surface area contributed by atoms with Gasteiger partial charge in [0.1, 0.15) is 0 Å². The van der Waals surface area contributed by atoms with E-state index in [9.17, 15) is 14.7 Å². The summed E-state index contributed by atoms with van der Waals surface area (Å²) in [5.41, 5.74) is 0. The summed E-state index contributed by atoms with van der Waals surface area (Å²) in [4.78, 5) is 25.7. The molecule has 2 aliphatic heterocycles. The van der Waals surface area contributed by atoms with Gasteiger partial charge in [-0.05, 0) is 34.7 Å². The number of rotatable bonds is 7. The van der Waals surface area contributed by atoms with Crippen molar-refractivity contribution in [1.29, 1.82) is 0 Å². The molecule has 2 amide bonds. The van der Waals surface area contributed by atoms with Crippen molar-refractivity contribution in [1.82, 2.24) is 4.90 Å². The van der Waals surface area contributed by atoms with Gasteiger partial charge < -0.3 is 19.0 Å². The van der Waals surface area contributed by atoms with Crippen LogP contribution in [0.15, 0.2) is 60.7 Å². The van der Waals surface area contributed by atoms with E-state index in [-0.39, 0.29) is 18.1 Å². The number of amides is 2. The number of imide groups is 1. The van der Waals surface area contributed by atoms with E-state index < -0.39 is 38.8 Å². The lowest BCUT2D eigenvalue weighted by Gasteiger charge is -2.44. The van der Waals surface area contributed by atoms with Crippen molar-refractivity contribution < 1.29 is 28.6 Å². The number of carboxylic acid groups (broad SMARTS) is 1. The quantitative estimate of drug-likeness (QED) is 0.587. The van der Waals surface area contributed by atoms with Gasteiger partial charge in [0, 0.05) is 6.61 Å². The Morgan fingerprint density at radius 2 is 1.66 bits per heavy atom. The largest absolute Gasteiger partial charge is 0.465 e. The van der Waals surface area contributed by atoms with Crippen molar-refractivity contribution >= 4 is 30.7 Å². The van der Waals surface area contributed by atoms with Crippen LogP contribution in [0.3, 0.4) is 0 Å². The lowest BCUT2D eigenvalue weighted by Crippen LogP contribution is -2.67. The van der Waals surface area contributed by atoms with E-state index in [1.807, 2.05) is 36.4 Å². The first kappa shape index (κ1) is 25.6. The molecule has 0 bridgehead atoms. The van der Waals surface area contributed by atoms with Crippen LogP contribution in [0.5, 0.6) is 0 Å². The van der Waals surface area contributed by atoms with Gasteiger partial charge in [-0.15, -0.1) is 0 Å². The highest BCUT2D eigenvalue weighted by Gasteiger charge is 2.53. The summed E-state index contributed by atoms with van der Waals surface area (Å²) in [7, 11) is -2.90. The van der Waals surface area contributed by atoms with Crippen LogP contribution in [-0.4, -0.2) is 62.0 Å². The van der Waals surface area contributed by atoms with E-state index in [0.717, 1.165) is 34.5 Å². The molecular formula is C27H35NO6Si. The first-order valence-electron chi connectivity index (χ1n) is 12.3. The Hall–Kier alpha value is -2.52. The van der Waals surface area contributed by atoms with Crippen LogP contribution >= 0.6 is 0 Å². The van der Waals surface area contributed by atoms with E-state index in [1.54, 1.807) is 0 Å². The number of benzene rings is 2. The van der Waals surface area contributed by atoms with Gasteiger partial charge in [-0.25, -0.2) is 9.69 Å². The van der Waals surface area contributed by atoms with Gasteiger partial charge in [-0.1, -0.05) is 81.4 Å². The van der Waals surface area contributed by atoms with Crippen molar-refractivity contribution in [3.05, 3.63) is 60.7 Å². The molecule has 2 aromatic carbocycles. The van der Waals surface area contributed by atoms with E-state index in [2.05, 4.69) is 45.0 Å². The standard InChI is InChI=1S/C27H35NO6Si/c1-27(2,3)35(20-12-6-4-7-13-20,21-14-8-5-9-15-21)33-19-22-23(18-24(29)28(22)26(30)31)34-25-16-10-11-17-32-25/h4-9,12-15,22-23,25H,10-11,16-19H2,1-3H3,(H,30,31)/t22-,23?,25?/m1/s1. The second-order valence-corrected chi connectivity index (χ2v) is 14.6. The fourth-order valence-electron chi connectivity index (χ4n) is 5.31. The molecule has 4 rings (SSSR count). The van der Waals surface area contributed by atoms with E-state index >= 15 is 0 Å². The average molecular weight is 498 g/mol. The van der Waals surface area contributed by atoms with Gasteiger partial charge in [0.2, 0.25) is 5.91 Å². The van der Waals surface area contributed by atoms with Gasteiger partial charge in [-0.2, -0.15) is 0 Å². The number of carbonyl (C=O) groups excluding carboxylic acids is 1. The fourth-order valence-corrected chi connectivity index (χ4v) is 9.89. The molecule has 2 saturated heterocycles. The molecule has 2 aromatic rings. The summed E-state index contributed by atoms with van der Waals surface area (Å²) in [6.07, 6.45) is 0.385. The number of hydrogen-bond donors (Lipinski definition) is 1. The Morgan fingerprint density at radius 3 is 2.14 bits per heavy atom. The second kappa shape index (κ2) is 10.6. The van der Waals surface area contributed by atoms with Gasteiger partial charge in [0.25, 0.3) is 8.32 Å². The minimum Gasteiger partial charge on any atom is -0.465 e. The molecule has 0 spiro atoms. The Balaban J connectivity index is 1.70. The highest BCUT2D eigenvalue weighted by Crippen LogP contribution is 2.38. The van der Waals surface area contributed by atoms with Crippen LogP contribution in [0, 0.1) is 0 Å². The van der Waals surface area contributed by atoms with Crippen molar-refractivity contribution in [2.45, 2.75) is 69.9 Å². The summed E-state index contributed by atoms with van der Waals surface area (Å²) < 4.78 is 18.9. The molecule has 2 fully saturated rings. The smallest absolute Gasteiger partial charge is 0.414 e. The molecule has 0 aromatic heterocycles. The number of hydrogen-bond acceptors (Lipinski definition) is 5. The SMILES string of the molecule is CC(C)(C)[Si](OC[C@@H]1C(OC2CCCCO2)CC(=O)N1C(=O)O)(c1ccccc1)c1ccccc1. The minimum atomic E-state index is -2.90. The van der Waals surface area contributed by atoms with Gasteiger partial charge in [-0.3, -0.25) is 4.79 Å². The normalized spacial score (nSPS) is 23.5. The lowest BCUT2D eigenvalue weighted by atomic mass is 10.1. The minimum absolute atomic E-state index is 0.000927. The monoisotopic (exact) mass is 497 g/mol. The molecule has 2 aliphatic rings. The molecule has 1 N–H and O–H groups in total. The molecule has 7 nitrogen and oxygen atoms in total. The summed E-state index contributed by atoms with van der Waals surface area (Å²) in [6, 6.07) is 19.6. The zero-order valence-corrected chi connectivity index (χ0v) is 21.7. The summed E-state index contributed by atoms with van der Waals surface area (Å²) in [5.74, 6) is -0.464. The van der Waals surface area contributed by atoms with E-state index in [0.29, 0.717) is 6.61 Å². The molecular weight excluding hydrogens is 462 g/mol. The molecule has 0 aliphatic carbocycles. The Morgan fingerprint density at radius 1 is 1.06 bits per heavy atom.